The molecule has 0 amide bonds. The van der Waals surface area contributed by atoms with Gasteiger partial charge in [0.1, 0.15) is 5.82 Å². The molecule has 19 heavy (non-hydrogen) atoms. The van der Waals surface area contributed by atoms with Crippen molar-refractivity contribution in [1.29, 1.82) is 0 Å². The first kappa shape index (κ1) is 11.6. The number of benzene rings is 1. The second-order valence-electron chi connectivity index (χ2n) is 4.24. The molecule has 0 fully saturated rings. The van der Waals surface area contributed by atoms with Gasteiger partial charge in [0.2, 0.25) is 0 Å². The number of aromatic nitrogens is 3. The molecule has 3 rings (SSSR count). The summed E-state index contributed by atoms with van der Waals surface area (Å²) in [5, 5.41) is 1.06. The van der Waals surface area contributed by atoms with E-state index in [0.29, 0.717) is 11.6 Å². The van der Waals surface area contributed by atoms with E-state index in [4.69, 9.17) is 5.84 Å². The number of nitrogens with one attached hydrogen (secondary N) is 1. The molecule has 5 nitrogen and oxygen atoms in total. The quantitative estimate of drug-likeness (QED) is 0.539. The molecule has 0 saturated carbocycles. The standard InChI is InChI=1S/C14H13N5/c1-9-8-12(19-15)18-14(17-9)11-6-2-4-10-5-3-7-16-13(10)11/h2-8H,15H2,1H3,(H,17,18,19). The summed E-state index contributed by atoms with van der Waals surface area (Å²) >= 11 is 0. The van der Waals surface area contributed by atoms with Crippen molar-refractivity contribution in [2.24, 2.45) is 5.84 Å². The molecule has 0 unspecified atom stereocenters. The average molecular weight is 251 g/mol. The molecule has 0 spiro atoms. The summed E-state index contributed by atoms with van der Waals surface area (Å²) in [6.07, 6.45) is 1.77. The van der Waals surface area contributed by atoms with Crippen LogP contribution in [-0.4, -0.2) is 15.0 Å². The van der Waals surface area contributed by atoms with Crippen molar-refractivity contribution in [3.8, 4) is 11.4 Å². The maximum Gasteiger partial charge on any atom is 0.164 e. The van der Waals surface area contributed by atoms with Crippen LogP contribution >= 0.6 is 0 Å². The number of aryl methyl sites for hydroxylation is 1. The number of pyridine rings is 1. The van der Waals surface area contributed by atoms with Crippen LogP contribution in [0.2, 0.25) is 0 Å². The molecule has 0 saturated heterocycles. The summed E-state index contributed by atoms with van der Waals surface area (Å²) in [6.45, 7) is 1.91. The first-order valence-corrected chi connectivity index (χ1v) is 5.94. The highest BCUT2D eigenvalue weighted by atomic mass is 15.3. The fourth-order valence-electron chi connectivity index (χ4n) is 2.05. The summed E-state index contributed by atoms with van der Waals surface area (Å²) in [5.74, 6) is 6.64. The molecule has 3 aromatic rings. The zero-order chi connectivity index (χ0) is 13.2. The third-order valence-corrected chi connectivity index (χ3v) is 2.88. The van der Waals surface area contributed by atoms with Crippen LogP contribution in [0.5, 0.6) is 0 Å². The molecule has 0 aliphatic heterocycles. The van der Waals surface area contributed by atoms with E-state index in [2.05, 4.69) is 20.4 Å². The molecule has 0 aliphatic rings. The molecule has 0 aliphatic carbocycles. The third-order valence-electron chi connectivity index (χ3n) is 2.88. The fraction of sp³-hybridized carbons (Fsp3) is 0.0714. The zero-order valence-corrected chi connectivity index (χ0v) is 10.5. The monoisotopic (exact) mass is 251 g/mol. The van der Waals surface area contributed by atoms with Crippen molar-refractivity contribution < 1.29 is 0 Å². The molecule has 1 aromatic carbocycles. The Morgan fingerprint density at radius 3 is 2.79 bits per heavy atom. The summed E-state index contributed by atoms with van der Waals surface area (Å²) in [7, 11) is 0. The Balaban J connectivity index is 2.27. The van der Waals surface area contributed by atoms with E-state index in [1.807, 2.05) is 37.3 Å². The average Bonchev–Trinajstić information content (AvgIpc) is 2.46. The first-order valence-electron chi connectivity index (χ1n) is 5.94. The van der Waals surface area contributed by atoms with Gasteiger partial charge in [0.25, 0.3) is 0 Å². The molecule has 2 heterocycles. The van der Waals surface area contributed by atoms with E-state index in [9.17, 15) is 0 Å². The molecule has 0 atom stereocenters. The molecular weight excluding hydrogens is 238 g/mol. The van der Waals surface area contributed by atoms with Crippen LogP contribution in [0.25, 0.3) is 22.3 Å². The lowest BCUT2D eigenvalue weighted by Gasteiger charge is -2.07. The highest BCUT2D eigenvalue weighted by Gasteiger charge is 2.09. The number of rotatable bonds is 2. The molecule has 0 bridgehead atoms. The number of fused-ring (bicyclic) bond motifs is 1. The van der Waals surface area contributed by atoms with Gasteiger partial charge in [-0.15, -0.1) is 0 Å². The number of nitrogens with zero attached hydrogens (tertiary/aromatic N) is 3. The topological polar surface area (TPSA) is 76.7 Å². The van der Waals surface area contributed by atoms with Crippen LogP contribution in [0, 0.1) is 6.92 Å². The summed E-state index contributed by atoms with van der Waals surface area (Å²) < 4.78 is 0. The van der Waals surface area contributed by atoms with Crippen molar-refractivity contribution in [1.82, 2.24) is 15.0 Å². The largest absolute Gasteiger partial charge is 0.308 e. The number of hydrazine groups is 1. The van der Waals surface area contributed by atoms with Gasteiger partial charge in [-0.05, 0) is 19.1 Å². The van der Waals surface area contributed by atoms with Gasteiger partial charge in [-0.2, -0.15) is 0 Å². The predicted molar refractivity (Wildman–Crippen MR) is 75.3 cm³/mol. The van der Waals surface area contributed by atoms with Gasteiger partial charge in [-0.3, -0.25) is 4.98 Å². The third kappa shape index (κ3) is 2.11. The van der Waals surface area contributed by atoms with Crippen LogP contribution < -0.4 is 11.3 Å². The maximum absolute atomic E-state index is 5.42. The maximum atomic E-state index is 5.42. The Hall–Kier alpha value is -2.53. The number of anilines is 1. The lowest BCUT2D eigenvalue weighted by Crippen LogP contribution is -2.10. The lowest BCUT2D eigenvalue weighted by molar-refractivity contribution is 1.10. The second-order valence-corrected chi connectivity index (χ2v) is 4.24. The fourth-order valence-corrected chi connectivity index (χ4v) is 2.05. The van der Waals surface area contributed by atoms with Crippen LogP contribution in [-0.2, 0) is 0 Å². The molecule has 94 valence electrons. The molecule has 2 aromatic heterocycles. The van der Waals surface area contributed by atoms with E-state index < -0.39 is 0 Å². The number of hydrogen-bond donors (Lipinski definition) is 2. The molecular formula is C14H13N5. The SMILES string of the molecule is Cc1cc(NN)nc(-c2cccc3cccnc23)n1. The van der Waals surface area contributed by atoms with Crippen molar-refractivity contribution in [3.05, 3.63) is 48.3 Å². The van der Waals surface area contributed by atoms with Gasteiger partial charge in [0.05, 0.1) is 5.52 Å². The summed E-state index contributed by atoms with van der Waals surface area (Å²) in [5.41, 5.74) is 5.20. The molecule has 5 heteroatoms. The van der Waals surface area contributed by atoms with Crippen LogP contribution in [0.3, 0.4) is 0 Å². The van der Waals surface area contributed by atoms with Crippen molar-refractivity contribution in [3.63, 3.8) is 0 Å². The minimum absolute atomic E-state index is 0.593. The van der Waals surface area contributed by atoms with E-state index in [-0.39, 0.29) is 0 Å². The highest BCUT2D eigenvalue weighted by molar-refractivity contribution is 5.91. The van der Waals surface area contributed by atoms with Gasteiger partial charge in [-0.25, -0.2) is 15.8 Å². The Morgan fingerprint density at radius 2 is 1.95 bits per heavy atom. The van der Waals surface area contributed by atoms with Crippen molar-refractivity contribution >= 4 is 16.7 Å². The predicted octanol–water partition coefficient (Wildman–Crippen LogP) is 2.29. The number of nitrogens with two attached hydrogens (primary N) is 1. The van der Waals surface area contributed by atoms with Crippen molar-refractivity contribution in [2.75, 3.05) is 5.43 Å². The number of para-hydroxylation sites is 1. The number of hydrogen-bond acceptors (Lipinski definition) is 5. The Kier molecular flexibility index (Phi) is 2.81. The van der Waals surface area contributed by atoms with Gasteiger partial charge >= 0.3 is 0 Å². The van der Waals surface area contributed by atoms with Gasteiger partial charge in [0, 0.05) is 28.9 Å². The van der Waals surface area contributed by atoms with E-state index in [0.717, 1.165) is 22.2 Å². The zero-order valence-electron chi connectivity index (χ0n) is 10.5. The molecule has 3 N–H and O–H groups in total. The van der Waals surface area contributed by atoms with Crippen LogP contribution in [0.1, 0.15) is 5.69 Å². The summed E-state index contributed by atoms with van der Waals surface area (Å²) in [4.78, 5) is 13.3. The van der Waals surface area contributed by atoms with Crippen molar-refractivity contribution in [2.45, 2.75) is 6.92 Å². The normalized spacial score (nSPS) is 10.6. The minimum Gasteiger partial charge on any atom is -0.308 e. The van der Waals surface area contributed by atoms with E-state index in [1.54, 1.807) is 12.3 Å². The Labute approximate surface area is 110 Å². The van der Waals surface area contributed by atoms with Gasteiger partial charge in [-0.1, -0.05) is 18.2 Å². The van der Waals surface area contributed by atoms with Crippen LogP contribution in [0.15, 0.2) is 42.6 Å². The van der Waals surface area contributed by atoms with Gasteiger partial charge in [0.15, 0.2) is 5.82 Å². The summed E-state index contributed by atoms with van der Waals surface area (Å²) in [6, 6.07) is 11.7. The smallest absolute Gasteiger partial charge is 0.164 e. The molecule has 0 radical (unpaired) electrons. The Bertz CT molecular complexity index is 733. The minimum atomic E-state index is 0.593. The van der Waals surface area contributed by atoms with Gasteiger partial charge < -0.3 is 5.43 Å². The second kappa shape index (κ2) is 4.62. The Morgan fingerprint density at radius 1 is 1.11 bits per heavy atom. The first-order chi connectivity index (χ1) is 9.28. The van der Waals surface area contributed by atoms with E-state index in [1.165, 1.54) is 0 Å². The van der Waals surface area contributed by atoms with E-state index >= 15 is 0 Å². The number of nitrogen functional groups attached to an aromatic ring is 1. The lowest BCUT2D eigenvalue weighted by atomic mass is 10.1. The van der Waals surface area contributed by atoms with Crippen LogP contribution in [0.4, 0.5) is 5.82 Å². The highest BCUT2D eigenvalue weighted by Crippen LogP contribution is 2.25.